The number of aryl methyl sites for hydroxylation is 3. The molecule has 26 heavy (non-hydrogen) atoms. The molecule has 134 valence electrons. The summed E-state index contributed by atoms with van der Waals surface area (Å²) in [6.45, 7) is 6.61. The number of ether oxygens (including phenoxy) is 1. The Morgan fingerprint density at radius 1 is 1.12 bits per heavy atom. The lowest BCUT2D eigenvalue weighted by molar-refractivity contribution is 0.0950. The lowest BCUT2D eigenvalue weighted by atomic mass is 10.1. The molecule has 1 amide bonds. The largest absolute Gasteiger partial charge is 0.489 e. The highest BCUT2D eigenvalue weighted by Gasteiger charge is 2.11. The lowest BCUT2D eigenvalue weighted by Crippen LogP contribution is -2.22. The van der Waals surface area contributed by atoms with Crippen LogP contribution in [0.5, 0.6) is 5.75 Å². The van der Waals surface area contributed by atoms with Crippen LogP contribution in [0.15, 0.2) is 53.1 Å². The van der Waals surface area contributed by atoms with Gasteiger partial charge < -0.3 is 14.6 Å². The molecule has 1 heterocycles. The maximum absolute atomic E-state index is 12.4. The molecule has 5 nitrogen and oxygen atoms in total. The van der Waals surface area contributed by atoms with Gasteiger partial charge in [-0.25, -0.2) is 0 Å². The molecule has 0 aliphatic carbocycles. The second-order valence-electron chi connectivity index (χ2n) is 6.29. The molecule has 2 aromatic carbocycles. The first kappa shape index (κ1) is 17.7. The SMILES string of the molecule is Cc1cccc(CNC(=O)c2cccc(OCc3c(C)noc3C)c2)c1. The van der Waals surface area contributed by atoms with Crippen molar-refractivity contribution in [1.82, 2.24) is 10.5 Å². The maximum Gasteiger partial charge on any atom is 0.251 e. The Morgan fingerprint density at radius 3 is 2.65 bits per heavy atom. The van der Waals surface area contributed by atoms with E-state index in [1.165, 1.54) is 5.56 Å². The number of benzene rings is 2. The predicted molar refractivity (Wildman–Crippen MR) is 99.1 cm³/mol. The van der Waals surface area contributed by atoms with Gasteiger partial charge in [-0.2, -0.15) is 0 Å². The smallest absolute Gasteiger partial charge is 0.251 e. The lowest BCUT2D eigenvalue weighted by Gasteiger charge is -2.09. The van der Waals surface area contributed by atoms with Crippen molar-refractivity contribution < 1.29 is 14.1 Å². The normalized spacial score (nSPS) is 10.6. The third-order valence-electron chi connectivity index (χ3n) is 4.20. The van der Waals surface area contributed by atoms with Gasteiger partial charge in [0.15, 0.2) is 0 Å². The Labute approximate surface area is 153 Å². The van der Waals surface area contributed by atoms with Crippen molar-refractivity contribution in [3.63, 3.8) is 0 Å². The zero-order chi connectivity index (χ0) is 18.5. The molecule has 0 bridgehead atoms. The van der Waals surface area contributed by atoms with Crippen LogP contribution in [0.25, 0.3) is 0 Å². The number of aromatic nitrogens is 1. The fraction of sp³-hybridized carbons (Fsp3) is 0.238. The Hall–Kier alpha value is -3.08. The number of hydrogen-bond acceptors (Lipinski definition) is 4. The van der Waals surface area contributed by atoms with Crippen LogP contribution in [0, 0.1) is 20.8 Å². The zero-order valence-corrected chi connectivity index (χ0v) is 15.2. The van der Waals surface area contributed by atoms with Gasteiger partial charge in [-0.3, -0.25) is 4.79 Å². The van der Waals surface area contributed by atoms with E-state index in [0.717, 1.165) is 22.6 Å². The number of carbonyl (C=O) groups excluding carboxylic acids is 1. The standard InChI is InChI=1S/C21H22N2O3/c1-14-6-4-7-17(10-14)12-22-21(24)18-8-5-9-19(11-18)25-13-20-15(2)23-26-16(20)3/h4-11H,12-13H2,1-3H3,(H,22,24). The van der Waals surface area contributed by atoms with E-state index in [1.54, 1.807) is 12.1 Å². The van der Waals surface area contributed by atoms with Gasteiger partial charge in [-0.15, -0.1) is 0 Å². The molecule has 1 aromatic heterocycles. The summed E-state index contributed by atoms with van der Waals surface area (Å²) in [5.41, 5.74) is 4.55. The third kappa shape index (κ3) is 4.30. The molecule has 0 aliphatic heterocycles. The van der Waals surface area contributed by atoms with E-state index in [0.29, 0.717) is 24.5 Å². The zero-order valence-electron chi connectivity index (χ0n) is 15.2. The van der Waals surface area contributed by atoms with E-state index in [2.05, 4.69) is 16.5 Å². The molecule has 5 heteroatoms. The molecule has 0 saturated carbocycles. The molecular formula is C21H22N2O3. The van der Waals surface area contributed by atoms with Gasteiger partial charge in [0.2, 0.25) is 0 Å². The summed E-state index contributed by atoms with van der Waals surface area (Å²) in [7, 11) is 0. The van der Waals surface area contributed by atoms with Gasteiger partial charge >= 0.3 is 0 Å². The van der Waals surface area contributed by atoms with Crippen LogP contribution in [-0.4, -0.2) is 11.1 Å². The van der Waals surface area contributed by atoms with Crippen LogP contribution in [0.3, 0.4) is 0 Å². The highest BCUT2D eigenvalue weighted by Crippen LogP contribution is 2.18. The average molecular weight is 350 g/mol. The third-order valence-corrected chi connectivity index (χ3v) is 4.20. The molecule has 0 atom stereocenters. The van der Waals surface area contributed by atoms with Gasteiger partial charge in [0.25, 0.3) is 5.91 Å². The van der Waals surface area contributed by atoms with Crippen molar-refractivity contribution in [3.05, 3.63) is 82.2 Å². The molecule has 3 aromatic rings. The van der Waals surface area contributed by atoms with Crippen LogP contribution < -0.4 is 10.1 Å². The van der Waals surface area contributed by atoms with Crippen molar-refractivity contribution in [1.29, 1.82) is 0 Å². The van der Waals surface area contributed by atoms with E-state index in [4.69, 9.17) is 9.26 Å². The fourth-order valence-electron chi connectivity index (χ4n) is 2.70. The van der Waals surface area contributed by atoms with Crippen LogP contribution >= 0.6 is 0 Å². The van der Waals surface area contributed by atoms with E-state index in [-0.39, 0.29) is 5.91 Å². The number of nitrogens with zero attached hydrogens (tertiary/aromatic N) is 1. The number of rotatable bonds is 6. The number of nitrogens with one attached hydrogen (secondary N) is 1. The summed E-state index contributed by atoms with van der Waals surface area (Å²) in [5, 5.41) is 6.85. The number of carbonyl (C=O) groups is 1. The summed E-state index contributed by atoms with van der Waals surface area (Å²) in [6.07, 6.45) is 0. The Balaban J connectivity index is 1.62. The van der Waals surface area contributed by atoms with Crippen molar-refractivity contribution in [2.75, 3.05) is 0 Å². The van der Waals surface area contributed by atoms with E-state index in [1.807, 2.05) is 51.1 Å². The molecule has 0 radical (unpaired) electrons. The summed E-state index contributed by atoms with van der Waals surface area (Å²) in [4.78, 5) is 12.4. The highest BCUT2D eigenvalue weighted by molar-refractivity contribution is 5.94. The summed E-state index contributed by atoms with van der Waals surface area (Å²) in [6, 6.07) is 15.2. The van der Waals surface area contributed by atoms with Crippen molar-refractivity contribution >= 4 is 5.91 Å². The Kier molecular flexibility index (Phi) is 5.37. The molecule has 0 saturated heterocycles. The topological polar surface area (TPSA) is 64.4 Å². The van der Waals surface area contributed by atoms with Crippen molar-refractivity contribution in [2.45, 2.75) is 33.9 Å². The first-order valence-corrected chi connectivity index (χ1v) is 8.51. The Morgan fingerprint density at radius 2 is 1.92 bits per heavy atom. The summed E-state index contributed by atoms with van der Waals surface area (Å²) in [5.74, 6) is 1.25. The van der Waals surface area contributed by atoms with Crippen LogP contribution in [0.2, 0.25) is 0 Å². The predicted octanol–water partition coefficient (Wildman–Crippen LogP) is 4.11. The maximum atomic E-state index is 12.4. The fourth-order valence-corrected chi connectivity index (χ4v) is 2.70. The van der Waals surface area contributed by atoms with Gasteiger partial charge in [0.05, 0.1) is 11.3 Å². The first-order valence-electron chi connectivity index (χ1n) is 8.51. The minimum absolute atomic E-state index is 0.130. The highest BCUT2D eigenvalue weighted by atomic mass is 16.5. The minimum Gasteiger partial charge on any atom is -0.489 e. The van der Waals surface area contributed by atoms with Gasteiger partial charge in [-0.1, -0.05) is 41.1 Å². The quantitative estimate of drug-likeness (QED) is 0.727. The van der Waals surface area contributed by atoms with E-state index in [9.17, 15) is 4.79 Å². The van der Waals surface area contributed by atoms with E-state index >= 15 is 0 Å². The number of hydrogen-bond donors (Lipinski definition) is 1. The summed E-state index contributed by atoms with van der Waals surface area (Å²) >= 11 is 0. The second kappa shape index (κ2) is 7.87. The number of amides is 1. The van der Waals surface area contributed by atoms with E-state index < -0.39 is 0 Å². The van der Waals surface area contributed by atoms with Gasteiger partial charge in [0.1, 0.15) is 18.1 Å². The van der Waals surface area contributed by atoms with Gasteiger partial charge in [0, 0.05) is 12.1 Å². The van der Waals surface area contributed by atoms with Crippen LogP contribution in [-0.2, 0) is 13.2 Å². The molecule has 1 N–H and O–H groups in total. The van der Waals surface area contributed by atoms with Crippen molar-refractivity contribution in [3.8, 4) is 5.75 Å². The Bertz CT molecular complexity index is 896. The first-order chi connectivity index (χ1) is 12.5. The van der Waals surface area contributed by atoms with Crippen LogP contribution in [0.4, 0.5) is 0 Å². The minimum atomic E-state index is -0.130. The van der Waals surface area contributed by atoms with Crippen LogP contribution in [0.1, 0.15) is 38.5 Å². The summed E-state index contributed by atoms with van der Waals surface area (Å²) < 4.78 is 10.9. The molecular weight excluding hydrogens is 328 g/mol. The monoisotopic (exact) mass is 350 g/mol. The molecule has 0 unspecified atom stereocenters. The molecule has 3 rings (SSSR count). The molecule has 0 aliphatic rings. The molecule has 0 spiro atoms. The van der Waals surface area contributed by atoms with Gasteiger partial charge in [-0.05, 0) is 44.5 Å². The average Bonchev–Trinajstić information content (AvgIpc) is 2.96. The molecule has 0 fully saturated rings. The second-order valence-corrected chi connectivity index (χ2v) is 6.29. The van der Waals surface area contributed by atoms with Crippen molar-refractivity contribution in [2.24, 2.45) is 0 Å².